The number of thioether (sulfide) groups is 1. The molecule has 5 heteroatoms. The van der Waals surface area contributed by atoms with E-state index in [2.05, 4.69) is 33.8 Å². The van der Waals surface area contributed by atoms with Gasteiger partial charge < -0.3 is 0 Å². The van der Waals surface area contributed by atoms with Crippen molar-refractivity contribution in [1.82, 2.24) is 9.55 Å². The number of rotatable bonds is 3. The first-order valence-electron chi connectivity index (χ1n) is 7.67. The fourth-order valence-electron chi connectivity index (χ4n) is 2.69. The first-order chi connectivity index (χ1) is 11.0. The Kier molecular flexibility index (Phi) is 4.34. The number of fused-ring (bicyclic) bond motifs is 1. The maximum Gasteiger partial charge on any atom is 0.267 e. The van der Waals surface area contributed by atoms with Crippen molar-refractivity contribution in [2.24, 2.45) is 0 Å². The van der Waals surface area contributed by atoms with Gasteiger partial charge in [-0.2, -0.15) is 0 Å². The molecule has 0 bridgehead atoms. The molecule has 0 saturated heterocycles. The molecule has 0 spiro atoms. The van der Waals surface area contributed by atoms with Crippen LogP contribution in [0.2, 0.25) is 0 Å². The number of hydrogen-bond donors (Lipinski definition) is 0. The van der Waals surface area contributed by atoms with E-state index in [1.807, 2.05) is 19.1 Å². The highest BCUT2D eigenvalue weighted by Gasteiger charge is 2.18. The van der Waals surface area contributed by atoms with Crippen molar-refractivity contribution in [1.29, 1.82) is 0 Å². The summed E-state index contributed by atoms with van der Waals surface area (Å²) in [6.07, 6.45) is 0. The molecule has 120 valence electrons. The monoisotopic (exact) mass is 344 g/mol. The van der Waals surface area contributed by atoms with Gasteiger partial charge in [0, 0.05) is 4.88 Å². The molecule has 0 amide bonds. The topological polar surface area (TPSA) is 34.9 Å². The van der Waals surface area contributed by atoms with Gasteiger partial charge >= 0.3 is 0 Å². The Bertz CT molecular complexity index is 954. The highest BCUT2D eigenvalue weighted by Crippen LogP contribution is 2.30. The lowest BCUT2D eigenvalue weighted by Gasteiger charge is -2.15. The highest BCUT2D eigenvalue weighted by molar-refractivity contribution is 7.99. The molecule has 0 aliphatic heterocycles. The van der Waals surface area contributed by atoms with Crippen LogP contribution in [-0.2, 0) is 0 Å². The quantitative estimate of drug-likeness (QED) is 0.506. The number of aromatic nitrogens is 2. The molecule has 3 nitrogen and oxygen atoms in total. The Morgan fingerprint density at radius 2 is 1.91 bits per heavy atom. The predicted octanol–water partition coefficient (Wildman–Crippen LogP) is 4.79. The average molecular weight is 345 g/mol. The van der Waals surface area contributed by atoms with Crippen LogP contribution in [0.25, 0.3) is 15.9 Å². The summed E-state index contributed by atoms with van der Waals surface area (Å²) in [4.78, 5) is 20.0. The SMILES string of the molecule is CCSc1nc2sc(C)c(C)c2c(=O)n1-c1cccc(C)c1C. The van der Waals surface area contributed by atoms with Gasteiger partial charge in [-0.1, -0.05) is 30.8 Å². The first-order valence-corrected chi connectivity index (χ1v) is 9.48. The van der Waals surface area contributed by atoms with Gasteiger partial charge in [-0.3, -0.25) is 9.36 Å². The van der Waals surface area contributed by atoms with E-state index in [1.54, 1.807) is 27.7 Å². The fraction of sp³-hybridized carbons (Fsp3) is 0.333. The maximum atomic E-state index is 13.2. The van der Waals surface area contributed by atoms with Gasteiger partial charge in [0.05, 0.1) is 11.1 Å². The van der Waals surface area contributed by atoms with Crippen LogP contribution in [0.4, 0.5) is 0 Å². The summed E-state index contributed by atoms with van der Waals surface area (Å²) >= 11 is 3.22. The van der Waals surface area contributed by atoms with Crippen LogP contribution in [0.5, 0.6) is 0 Å². The number of aryl methyl sites for hydroxylation is 3. The standard InChI is InChI=1S/C18H20N2OS2/c1-6-22-18-19-16-15(12(4)13(5)23-16)17(21)20(18)14-9-7-8-10(2)11(14)3/h7-9H,6H2,1-5H3. The second-order valence-corrected chi connectivity index (χ2v) is 8.08. The van der Waals surface area contributed by atoms with E-state index in [1.165, 1.54) is 5.56 Å². The molecule has 0 aliphatic carbocycles. The number of thiophene rings is 1. The summed E-state index contributed by atoms with van der Waals surface area (Å²) in [5.74, 6) is 0.881. The smallest absolute Gasteiger partial charge is 0.267 e. The molecule has 2 aromatic heterocycles. The van der Waals surface area contributed by atoms with Crippen LogP contribution in [0.3, 0.4) is 0 Å². The number of benzene rings is 1. The molecule has 1 aromatic carbocycles. The molecule has 0 fully saturated rings. The van der Waals surface area contributed by atoms with E-state index in [0.29, 0.717) is 0 Å². The summed E-state index contributed by atoms with van der Waals surface area (Å²) in [6, 6.07) is 6.08. The van der Waals surface area contributed by atoms with Gasteiger partial charge in [-0.15, -0.1) is 11.3 Å². The summed E-state index contributed by atoms with van der Waals surface area (Å²) in [6.45, 7) is 10.3. The highest BCUT2D eigenvalue weighted by atomic mass is 32.2. The van der Waals surface area contributed by atoms with Crippen LogP contribution in [-0.4, -0.2) is 15.3 Å². The van der Waals surface area contributed by atoms with Gasteiger partial charge in [0.15, 0.2) is 5.16 Å². The zero-order valence-electron chi connectivity index (χ0n) is 14.1. The predicted molar refractivity (Wildman–Crippen MR) is 101 cm³/mol. The van der Waals surface area contributed by atoms with Crippen molar-refractivity contribution in [3.63, 3.8) is 0 Å². The second-order valence-electron chi connectivity index (χ2n) is 5.65. The van der Waals surface area contributed by atoms with E-state index in [9.17, 15) is 4.79 Å². The molecule has 0 N–H and O–H groups in total. The van der Waals surface area contributed by atoms with E-state index in [0.717, 1.165) is 42.8 Å². The minimum Gasteiger partial charge on any atom is -0.268 e. The second kappa shape index (κ2) is 6.13. The molecule has 0 atom stereocenters. The Morgan fingerprint density at radius 1 is 1.17 bits per heavy atom. The lowest BCUT2D eigenvalue weighted by molar-refractivity contribution is 0.815. The van der Waals surface area contributed by atoms with Crippen LogP contribution in [0.1, 0.15) is 28.5 Å². The van der Waals surface area contributed by atoms with Crippen LogP contribution < -0.4 is 5.56 Å². The molecule has 23 heavy (non-hydrogen) atoms. The van der Waals surface area contributed by atoms with Gasteiger partial charge in [0.2, 0.25) is 0 Å². The molecule has 3 rings (SSSR count). The van der Waals surface area contributed by atoms with Crippen LogP contribution in [0, 0.1) is 27.7 Å². The lowest BCUT2D eigenvalue weighted by Crippen LogP contribution is -2.22. The molecule has 0 aliphatic rings. The minimum absolute atomic E-state index is 0.0431. The van der Waals surface area contributed by atoms with Crippen molar-refractivity contribution in [2.45, 2.75) is 39.8 Å². The zero-order chi connectivity index (χ0) is 16.7. The van der Waals surface area contributed by atoms with Crippen molar-refractivity contribution >= 4 is 33.3 Å². The maximum absolute atomic E-state index is 13.2. The Labute approximate surface area is 144 Å². The summed E-state index contributed by atoms with van der Waals surface area (Å²) in [5, 5.41) is 1.54. The Balaban J connectivity index is 2.45. The minimum atomic E-state index is 0.0431. The summed E-state index contributed by atoms with van der Waals surface area (Å²) < 4.78 is 1.79. The van der Waals surface area contributed by atoms with Gasteiger partial charge in [0.1, 0.15) is 4.83 Å². The summed E-state index contributed by atoms with van der Waals surface area (Å²) in [5.41, 5.74) is 4.33. The number of hydrogen-bond acceptors (Lipinski definition) is 4. The molecule has 0 radical (unpaired) electrons. The molecule has 0 saturated carbocycles. The number of nitrogens with zero attached hydrogens (tertiary/aromatic N) is 2. The van der Waals surface area contributed by atoms with Crippen molar-refractivity contribution in [3.8, 4) is 5.69 Å². The summed E-state index contributed by atoms with van der Waals surface area (Å²) in [7, 11) is 0. The third-order valence-corrected chi connectivity index (χ3v) is 6.18. The largest absolute Gasteiger partial charge is 0.268 e. The zero-order valence-corrected chi connectivity index (χ0v) is 15.7. The van der Waals surface area contributed by atoms with Crippen molar-refractivity contribution < 1.29 is 0 Å². The van der Waals surface area contributed by atoms with Crippen LogP contribution >= 0.6 is 23.1 Å². The molecular formula is C18H20N2OS2. The fourth-order valence-corrected chi connectivity index (χ4v) is 4.49. The lowest BCUT2D eigenvalue weighted by atomic mass is 10.1. The average Bonchev–Trinajstić information content (AvgIpc) is 2.78. The third-order valence-electron chi connectivity index (χ3n) is 4.26. The Hall–Kier alpha value is -1.59. The van der Waals surface area contributed by atoms with Gasteiger partial charge in [0.25, 0.3) is 5.56 Å². The van der Waals surface area contributed by atoms with Crippen molar-refractivity contribution in [3.05, 3.63) is 50.1 Å². The van der Waals surface area contributed by atoms with E-state index in [4.69, 9.17) is 4.98 Å². The molecule has 2 heterocycles. The van der Waals surface area contributed by atoms with Crippen molar-refractivity contribution in [2.75, 3.05) is 5.75 Å². The molecular weight excluding hydrogens is 324 g/mol. The van der Waals surface area contributed by atoms with E-state index < -0.39 is 0 Å². The van der Waals surface area contributed by atoms with Gasteiger partial charge in [-0.25, -0.2) is 4.98 Å². The Morgan fingerprint density at radius 3 is 2.61 bits per heavy atom. The normalized spacial score (nSPS) is 11.3. The first kappa shape index (κ1) is 16.3. The van der Waals surface area contributed by atoms with E-state index >= 15 is 0 Å². The van der Waals surface area contributed by atoms with Gasteiger partial charge in [-0.05, 0) is 56.2 Å². The third kappa shape index (κ3) is 2.62. The van der Waals surface area contributed by atoms with Crippen LogP contribution in [0.15, 0.2) is 28.2 Å². The molecule has 0 unspecified atom stereocenters. The van der Waals surface area contributed by atoms with E-state index in [-0.39, 0.29) is 5.56 Å². The molecule has 3 aromatic rings.